The van der Waals surface area contributed by atoms with Crippen molar-refractivity contribution in [1.82, 2.24) is 15.3 Å². The molecule has 18 heavy (non-hydrogen) atoms. The lowest BCUT2D eigenvalue weighted by Crippen LogP contribution is -2.26. The predicted octanol–water partition coefficient (Wildman–Crippen LogP) is 0.547. The van der Waals surface area contributed by atoms with E-state index in [0.717, 1.165) is 5.82 Å². The third-order valence-electron chi connectivity index (χ3n) is 2.44. The van der Waals surface area contributed by atoms with Gasteiger partial charge in [0.15, 0.2) is 0 Å². The number of rotatable bonds is 4. The SMILES string of the molecule is Nc1cc(N)cc(C(=O)NCCc2ncc[nH]2)c1. The van der Waals surface area contributed by atoms with Crippen molar-refractivity contribution in [2.75, 3.05) is 18.0 Å². The quantitative estimate of drug-likeness (QED) is 0.589. The second-order valence-electron chi connectivity index (χ2n) is 3.93. The van der Waals surface area contributed by atoms with Gasteiger partial charge in [-0.2, -0.15) is 0 Å². The van der Waals surface area contributed by atoms with Crippen molar-refractivity contribution in [3.63, 3.8) is 0 Å². The van der Waals surface area contributed by atoms with E-state index in [1.807, 2.05) is 0 Å². The summed E-state index contributed by atoms with van der Waals surface area (Å²) in [4.78, 5) is 18.9. The number of benzene rings is 1. The molecule has 94 valence electrons. The molecular formula is C12H15N5O. The number of nitrogen functional groups attached to an aromatic ring is 2. The van der Waals surface area contributed by atoms with Gasteiger partial charge in [0.2, 0.25) is 0 Å². The summed E-state index contributed by atoms with van der Waals surface area (Å²) in [6.07, 6.45) is 4.07. The highest BCUT2D eigenvalue weighted by atomic mass is 16.1. The highest BCUT2D eigenvalue weighted by Gasteiger charge is 2.06. The Kier molecular flexibility index (Phi) is 3.47. The molecule has 0 unspecified atom stereocenters. The largest absolute Gasteiger partial charge is 0.399 e. The Labute approximate surface area is 104 Å². The maximum absolute atomic E-state index is 11.8. The first-order chi connectivity index (χ1) is 8.65. The zero-order chi connectivity index (χ0) is 13.0. The molecule has 0 radical (unpaired) electrons. The summed E-state index contributed by atoms with van der Waals surface area (Å²) >= 11 is 0. The molecule has 2 aromatic rings. The van der Waals surface area contributed by atoms with E-state index in [9.17, 15) is 4.79 Å². The third-order valence-corrected chi connectivity index (χ3v) is 2.44. The molecule has 0 aliphatic carbocycles. The van der Waals surface area contributed by atoms with Gasteiger partial charge in [0.25, 0.3) is 5.91 Å². The lowest BCUT2D eigenvalue weighted by Gasteiger charge is -2.06. The van der Waals surface area contributed by atoms with E-state index >= 15 is 0 Å². The van der Waals surface area contributed by atoms with Crippen LogP contribution in [0.4, 0.5) is 11.4 Å². The second-order valence-corrected chi connectivity index (χ2v) is 3.93. The summed E-state index contributed by atoms with van der Waals surface area (Å²) in [5.41, 5.74) is 12.7. The molecule has 0 aliphatic heterocycles. The Morgan fingerprint density at radius 2 is 2.00 bits per heavy atom. The molecule has 1 heterocycles. The number of imidazole rings is 1. The van der Waals surface area contributed by atoms with Crippen molar-refractivity contribution in [1.29, 1.82) is 0 Å². The number of aromatic nitrogens is 2. The molecule has 1 aromatic heterocycles. The number of carbonyl (C=O) groups excluding carboxylic acids is 1. The number of anilines is 2. The minimum absolute atomic E-state index is 0.194. The molecule has 0 fully saturated rings. The third kappa shape index (κ3) is 3.00. The van der Waals surface area contributed by atoms with Crippen LogP contribution in [0.25, 0.3) is 0 Å². The van der Waals surface area contributed by atoms with Crippen LogP contribution in [0, 0.1) is 0 Å². The highest BCUT2D eigenvalue weighted by Crippen LogP contribution is 2.13. The van der Waals surface area contributed by atoms with Gasteiger partial charge in [-0.15, -0.1) is 0 Å². The van der Waals surface area contributed by atoms with Crippen LogP contribution in [0.2, 0.25) is 0 Å². The summed E-state index contributed by atoms with van der Waals surface area (Å²) in [7, 11) is 0. The molecular weight excluding hydrogens is 230 g/mol. The summed E-state index contributed by atoms with van der Waals surface area (Å²) < 4.78 is 0. The van der Waals surface area contributed by atoms with E-state index in [-0.39, 0.29) is 5.91 Å². The van der Waals surface area contributed by atoms with E-state index < -0.39 is 0 Å². The Morgan fingerprint density at radius 3 is 2.61 bits per heavy atom. The fraction of sp³-hybridized carbons (Fsp3) is 0.167. The van der Waals surface area contributed by atoms with Crippen LogP contribution in [0.3, 0.4) is 0 Å². The van der Waals surface area contributed by atoms with Crippen molar-refractivity contribution < 1.29 is 4.79 Å². The standard InChI is InChI=1S/C12H15N5O/c13-9-5-8(6-10(14)7-9)12(18)17-2-1-11-15-3-4-16-11/h3-7H,1-2,13-14H2,(H,15,16)(H,17,18). The number of aromatic amines is 1. The summed E-state index contributed by atoms with van der Waals surface area (Å²) in [6.45, 7) is 0.501. The van der Waals surface area contributed by atoms with Crippen molar-refractivity contribution in [3.05, 3.63) is 42.0 Å². The number of carbonyl (C=O) groups is 1. The first-order valence-electron chi connectivity index (χ1n) is 5.57. The van der Waals surface area contributed by atoms with Gasteiger partial charge in [-0.3, -0.25) is 4.79 Å². The molecule has 1 aromatic carbocycles. The number of amides is 1. The van der Waals surface area contributed by atoms with Gasteiger partial charge in [-0.05, 0) is 18.2 Å². The van der Waals surface area contributed by atoms with Crippen LogP contribution in [-0.2, 0) is 6.42 Å². The van der Waals surface area contributed by atoms with Crippen LogP contribution < -0.4 is 16.8 Å². The lowest BCUT2D eigenvalue weighted by molar-refractivity contribution is 0.0954. The first-order valence-corrected chi connectivity index (χ1v) is 5.57. The molecule has 2 rings (SSSR count). The Hall–Kier alpha value is -2.50. The Balaban J connectivity index is 1.91. The van der Waals surface area contributed by atoms with Gasteiger partial charge in [0.1, 0.15) is 5.82 Å². The number of nitrogens with zero attached hydrogens (tertiary/aromatic N) is 1. The van der Waals surface area contributed by atoms with Crippen LogP contribution in [0.5, 0.6) is 0 Å². The molecule has 0 bridgehead atoms. The van der Waals surface area contributed by atoms with E-state index in [2.05, 4.69) is 15.3 Å². The Morgan fingerprint density at radius 1 is 1.28 bits per heavy atom. The van der Waals surface area contributed by atoms with Crippen LogP contribution in [0.15, 0.2) is 30.6 Å². The molecule has 0 atom stereocenters. The number of hydrogen-bond acceptors (Lipinski definition) is 4. The maximum Gasteiger partial charge on any atom is 0.251 e. The van der Waals surface area contributed by atoms with E-state index in [4.69, 9.17) is 11.5 Å². The normalized spacial score (nSPS) is 10.2. The molecule has 6 heteroatoms. The van der Waals surface area contributed by atoms with Gasteiger partial charge < -0.3 is 21.8 Å². The Bertz CT molecular complexity index is 515. The van der Waals surface area contributed by atoms with Crippen LogP contribution in [-0.4, -0.2) is 22.4 Å². The smallest absolute Gasteiger partial charge is 0.251 e. The number of nitrogens with one attached hydrogen (secondary N) is 2. The first kappa shape index (κ1) is 12.0. The average Bonchev–Trinajstić information content (AvgIpc) is 2.80. The molecule has 6 nitrogen and oxygen atoms in total. The summed E-state index contributed by atoms with van der Waals surface area (Å²) in [5, 5.41) is 2.78. The number of hydrogen-bond donors (Lipinski definition) is 4. The molecule has 0 spiro atoms. The molecule has 6 N–H and O–H groups in total. The van der Waals surface area contributed by atoms with Gasteiger partial charge in [0.05, 0.1) is 0 Å². The van der Waals surface area contributed by atoms with Crippen molar-refractivity contribution >= 4 is 17.3 Å². The second kappa shape index (κ2) is 5.22. The number of nitrogens with two attached hydrogens (primary N) is 2. The van der Waals surface area contributed by atoms with Gasteiger partial charge in [-0.25, -0.2) is 4.98 Å². The molecule has 0 saturated carbocycles. The fourth-order valence-corrected chi connectivity index (χ4v) is 1.64. The van der Waals surface area contributed by atoms with E-state index in [0.29, 0.717) is 29.9 Å². The van der Waals surface area contributed by atoms with Crippen molar-refractivity contribution in [2.24, 2.45) is 0 Å². The maximum atomic E-state index is 11.8. The van der Waals surface area contributed by atoms with Crippen molar-refractivity contribution in [3.8, 4) is 0 Å². The van der Waals surface area contributed by atoms with Gasteiger partial charge in [-0.1, -0.05) is 0 Å². The van der Waals surface area contributed by atoms with Crippen molar-refractivity contribution in [2.45, 2.75) is 6.42 Å². The zero-order valence-corrected chi connectivity index (χ0v) is 9.81. The van der Waals surface area contributed by atoms with E-state index in [1.165, 1.54) is 0 Å². The minimum atomic E-state index is -0.194. The fourth-order valence-electron chi connectivity index (χ4n) is 1.64. The lowest BCUT2D eigenvalue weighted by atomic mass is 10.1. The topological polar surface area (TPSA) is 110 Å². The molecule has 0 aliphatic rings. The number of H-pyrrole nitrogens is 1. The highest BCUT2D eigenvalue weighted by molar-refractivity contribution is 5.96. The van der Waals surface area contributed by atoms with E-state index in [1.54, 1.807) is 30.6 Å². The summed E-state index contributed by atoms with van der Waals surface area (Å²) in [5.74, 6) is 0.642. The summed E-state index contributed by atoms with van der Waals surface area (Å²) in [6, 6.07) is 4.80. The molecule has 0 saturated heterocycles. The zero-order valence-electron chi connectivity index (χ0n) is 9.81. The van der Waals surface area contributed by atoms with Gasteiger partial charge >= 0.3 is 0 Å². The van der Waals surface area contributed by atoms with Crippen LogP contribution in [0.1, 0.15) is 16.2 Å². The monoisotopic (exact) mass is 245 g/mol. The van der Waals surface area contributed by atoms with Gasteiger partial charge in [0, 0.05) is 42.3 Å². The minimum Gasteiger partial charge on any atom is -0.399 e. The predicted molar refractivity (Wildman–Crippen MR) is 69.9 cm³/mol. The van der Waals surface area contributed by atoms with Crippen LogP contribution >= 0.6 is 0 Å². The molecule has 1 amide bonds. The average molecular weight is 245 g/mol.